The minimum atomic E-state index is -0.572. The molecule has 1 unspecified atom stereocenters. The van der Waals surface area contributed by atoms with Crippen molar-refractivity contribution < 1.29 is 9.32 Å². The van der Waals surface area contributed by atoms with Crippen molar-refractivity contribution in [3.8, 4) is 0 Å². The highest BCUT2D eigenvalue weighted by Gasteiger charge is 2.47. The predicted octanol–water partition coefficient (Wildman–Crippen LogP) is 2.32. The molecule has 3 rings (SSSR count). The predicted molar refractivity (Wildman–Crippen MR) is 76.7 cm³/mol. The Morgan fingerprint density at radius 2 is 2.33 bits per heavy atom. The highest BCUT2D eigenvalue weighted by Crippen LogP contribution is 2.44. The molecule has 1 fully saturated rings. The van der Waals surface area contributed by atoms with Crippen molar-refractivity contribution in [3.05, 3.63) is 35.2 Å². The second kappa shape index (κ2) is 5.02. The molecule has 1 amide bonds. The zero-order chi connectivity index (χ0) is 15.0. The van der Waals surface area contributed by atoms with E-state index in [1.54, 1.807) is 13.1 Å². The minimum Gasteiger partial charge on any atom is -0.364 e. The van der Waals surface area contributed by atoms with Gasteiger partial charge >= 0.3 is 0 Å². The van der Waals surface area contributed by atoms with Crippen LogP contribution in [0.25, 0.3) is 0 Å². The first-order chi connectivity index (χ1) is 10.0. The molecule has 1 saturated carbocycles. The molecule has 0 spiro atoms. The lowest BCUT2D eigenvalue weighted by Gasteiger charge is -2.27. The number of carbonyl (C=O) groups excluding carboxylic acids is 1. The quantitative estimate of drug-likeness (QED) is 0.884. The summed E-state index contributed by atoms with van der Waals surface area (Å²) in [5.74, 6) is 1.35. The Morgan fingerprint density at radius 1 is 1.57 bits per heavy atom. The van der Waals surface area contributed by atoms with Gasteiger partial charge < -0.3 is 14.8 Å². The lowest BCUT2D eigenvalue weighted by atomic mass is 9.94. The normalized spacial score (nSPS) is 17.5. The Balaban J connectivity index is 1.87. The molecule has 112 valence electrons. The van der Waals surface area contributed by atoms with E-state index >= 15 is 0 Å². The fraction of sp³-hybridized carbons (Fsp3) is 0.533. The molecule has 2 aromatic rings. The van der Waals surface area contributed by atoms with Gasteiger partial charge in [-0.1, -0.05) is 12.1 Å². The van der Waals surface area contributed by atoms with E-state index in [-0.39, 0.29) is 5.91 Å². The molecule has 0 aromatic carbocycles. The number of hydrogen-bond donors (Lipinski definition) is 2. The number of nitrogens with one attached hydrogen (secondary N) is 2. The van der Waals surface area contributed by atoms with Gasteiger partial charge in [0, 0.05) is 18.8 Å². The first-order valence-corrected chi connectivity index (χ1v) is 7.34. The van der Waals surface area contributed by atoms with E-state index in [1.165, 1.54) is 0 Å². The van der Waals surface area contributed by atoms with Gasteiger partial charge in [-0.15, -0.1) is 0 Å². The van der Waals surface area contributed by atoms with Crippen LogP contribution in [0.3, 0.4) is 0 Å². The van der Waals surface area contributed by atoms with Crippen LogP contribution in [0.15, 0.2) is 16.8 Å². The summed E-state index contributed by atoms with van der Waals surface area (Å²) in [7, 11) is 0. The van der Waals surface area contributed by atoms with E-state index < -0.39 is 5.54 Å². The molecule has 21 heavy (non-hydrogen) atoms. The zero-order valence-electron chi connectivity index (χ0n) is 12.6. The molecule has 0 radical (unpaired) electrons. The van der Waals surface area contributed by atoms with Gasteiger partial charge in [0.05, 0.1) is 5.56 Å². The van der Waals surface area contributed by atoms with E-state index in [0.29, 0.717) is 23.2 Å². The van der Waals surface area contributed by atoms with Gasteiger partial charge in [0.1, 0.15) is 5.54 Å². The Hall–Kier alpha value is -2.11. The first kappa shape index (κ1) is 13.9. The van der Waals surface area contributed by atoms with Gasteiger partial charge in [0.25, 0.3) is 5.91 Å². The summed E-state index contributed by atoms with van der Waals surface area (Å²) in [5, 5.41) is 7.14. The maximum atomic E-state index is 12.6. The van der Waals surface area contributed by atoms with Crippen molar-refractivity contribution in [1.82, 2.24) is 20.4 Å². The monoisotopic (exact) mass is 288 g/mol. The molecule has 1 atom stereocenters. The summed E-state index contributed by atoms with van der Waals surface area (Å²) in [5.41, 5.74) is 1.05. The lowest BCUT2D eigenvalue weighted by Crippen LogP contribution is -2.46. The summed E-state index contributed by atoms with van der Waals surface area (Å²) in [6.07, 6.45) is 4.72. The van der Waals surface area contributed by atoms with E-state index in [1.807, 2.05) is 19.9 Å². The second-order valence-corrected chi connectivity index (χ2v) is 5.79. The maximum absolute atomic E-state index is 12.6. The van der Waals surface area contributed by atoms with E-state index in [0.717, 1.165) is 25.0 Å². The van der Waals surface area contributed by atoms with E-state index in [4.69, 9.17) is 4.52 Å². The minimum absolute atomic E-state index is 0.0926. The third kappa shape index (κ3) is 2.46. The van der Waals surface area contributed by atoms with Crippen molar-refractivity contribution >= 4 is 5.91 Å². The molecule has 2 N–H and O–H groups in total. The standard InChI is InChI=1S/C15H20N4O2/c1-4-12-11(7-8-16-12)13(20)18-15(3,10-5-6-10)14-17-9(2)21-19-14/h7-8,10,16H,4-6H2,1-3H3,(H,18,20). The van der Waals surface area contributed by atoms with Gasteiger partial charge in [0.15, 0.2) is 5.82 Å². The molecule has 2 aromatic heterocycles. The molecule has 2 heterocycles. The summed E-state index contributed by atoms with van der Waals surface area (Å²) < 4.78 is 5.09. The summed E-state index contributed by atoms with van der Waals surface area (Å²) in [6, 6.07) is 1.81. The number of hydrogen-bond acceptors (Lipinski definition) is 4. The van der Waals surface area contributed by atoms with E-state index in [9.17, 15) is 4.79 Å². The third-order valence-electron chi connectivity index (χ3n) is 4.19. The summed E-state index contributed by atoms with van der Waals surface area (Å²) >= 11 is 0. The molecule has 1 aliphatic rings. The van der Waals surface area contributed by atoms with Gasteiger partial charge in [-0.2, -0.15) is 4.98 Å². The van der Waals surface area contributed by atoms with Crippen molar-refractivity contribution in [2.45, 2.75) is 45.6 Å². The van der Waals surface area contributed by atoms with Crippen LogP contribution < -0.4 is 5.32 Å². The maximum Gasteiger partial charge on any atom is 0.253 e. The number of aromatic amines is 1. The number of rotatable bonds is 5. The van der Waals surface area contributed by atoms with Crippen LogP contribution in [0.2, 0.25) is 0 Å². The molecule has 0 saturated heterocycles. The van der Waals surface area contributed by atoms with Gasteiger partial charge in [-0.3, -0.25) is 4.79 Å². The molecular weight excluding hydrogens is 268 g/mol. The van der Waals surface area contributed by atoms with Crippen LogP contribution in [-0.2, 0) is 12.0 Å². The van der Waals surface area contributed by atoms with Gasteiger partial charge in [-0.25, -0.2) is 0 Å². The second-order valence-electron chi connectivity index (χ2n) is 5.79. The molecule has 1 aliphatic carbocycles. The highest BCUT2D eigenvalue weighted by atomic mass is 16.5. The van der Waals surface area contributed by atoms with Crippen molar-refractivity contribution in [2.24, 2.45) is 5.92 Å². The van der Waals surface area contributed by atoms with Crippen LogP contribution in [0.5, 0.6) is 0 Å². The number of aryl methyl sites for hydroxylation is 2. The van der Waals surface area contributed by atoms with Crippen molar-refractivity contribution in [1.29, 1.82) is 0 Å². The van der Waals surface area contributed by atoms with Crippen LogP contribution in [0.1, 0.15) is 54.5 Å². The zero-order valence-corrected chi connectivity index (χ0v) is 12.6. The Morgan fingerprint density at radius 3 is 2.90 bits per heavy atom. The van der Waals surface area contributed by atoms with Crippen molar-refractivity contribution in [2.75, 3.05) is 0 Å². The highest BCUT2D eigenvalue weighted by molar-refractivity contribution is 5.96. The Bertz CT molecular complexity index is 656. The number of amides is 1. The molecule has 6 heteroatoms. The number of aromatic nitrogens is 3. The molecule has 0 bridgehead atoms. The average molecular weight is 288 g/mol. The Labute approximate surface area is 123 Å². The fourth-order valence-corrected chi connectivity index (χ4v) is 2.72. The van der Waals surface area contributed by atoms with Gasteiger partial charge in [0.2, 0.25) is 5.89 Å². The van der Waals surface area contributed by atoms with Crippen LogP contribution in [0.4, 0.5) is 0 Å². The fourth-order valence-electron chi connectivity index (χ4n) is 2.72. The largest absolute Gasteiger partial charge is 0.364 e. The topological polar surface area (TPSA) is 83.8 Å². The molecule has 0 aliphatic heterocycles. The van der Waals surface area contributed by atoms with Crippen LogP contribution in [0, 0.1) is 12.8 Å². The van der Waals surface area contributed by atoms with Crippen LogP contribution in [-0.4, -0.2) is 21.0 Å². The lowest BCUT2D eigenvalue weighted by molar-refractivity contribution is 0.0884. The van der Waals surface area contributed by atoms with Gasteiger partial charge in [-0.05, 0) is 38.2 Å². The number of carbonyl (C=O) groups is 1. The Kier molecular flexibility index (Phi) is 3.31. The summed E-state index contributed by atoms with van der Waals surface area (Å²) in [6.45, 7) is 5.75. The van der Waals surface area contributed by atoms with Crippen LogP contribution >= 0.6 is 0 Å². The molecule has 6 nitrogen and oxygen atoms in total. The summed E-state index contributed by atoms with van der Waals surface area (Å²) in [4.78, 5) is 20.0. The average Bonchev–Trinajstić information content (AvgIpc) is 3.05. The number of nitrogens with zero attached hydrogens (tertiary/aromatic N) is 2. The SMILES string of the molecule is CCc1[nH]ccc1C(=O)NC(C)(c1noc(C)n1)C1CC1. The van der Waals surface area contributed by atoms with Crippen molar-refractivity contribution in [3.63, 3.8) is 0 Å². The molecular formula is C15H20N4O2. The third-order valence-corrected chi connectivity index (χ3v) is 4.19. The smallest absolute Gasteiger partial charge is 0.253 e. The first-order valence-electron chi connectivity index (χ1n) is 7.34. The number of H-pyrrole nitrogens is 1. The van der Waals surface area contributed by atoms with E-state index in [2.05, 4.69) is 20.4 Å².